The molecule has 242 valence electrons. The van der Waals surface area contributed by atoms with Gasteiger partial charge in [-0.3, -0.25) is 13.9 Å². The van der Waals surface area contributed by atoms with Crippen molar-refractivity contribution in [1.82, 2.24) is 10.2 Å². The van der Waals surface area contributed by atoms with Gasteiger partial charge in [0, 0.05) is 19.0 Å². The molecule has 4 aromatic carbocycles. The summed E-state index contributed by atoms with van der Waals surface area (Å²) in [4.78, 5) is 30.2. The van der Waals surface area contributed by atoms with Crippen LogP contribution in [-0.2, 0) is 39.0 Å². The number of amides is 2. The Morgan fingerprint density at radius 3 is 2.11 bits per heavy atom. The maximum atomic E-state index is 14.7. The molecule has 0 aliphatic carbocycles. The number of ether oxygens (including phenoxy) is 1. The Bertz CT molecular complexity index is 1700. The molecule has 0 saturated carbocycles. The van der Waals surface area contributed by atoms with Crippen molar-refractivity contribution in [2.24, 2.45) is 0 Å². The lowest BCUT2D eigenvalue weighted by molar-refractivity contribution is -0.140. The molecule has 0 spiro atoms. The van der Waals surface area contributed by atoms with E-state index >= 15 is 0 Å². The van der Waals surface area contributed by atoms with E-state index in [9.17, 15) is 18.0 Å². The maximum Gasteiger partial charge on any atom is 0.264 e. The third kappa shape index (κ3) is 8.54. The molecule has 0 aliphatic heterocycles. The van der Waals surface area contributed by atoms with E-state index in [0.717, 1.165) is 16.7 Å². The van der Waals surface area contributed by atoms with Gasteiger partial charge < -0.3 is 15.0 Å². The van der Waals surface area contributed by atoms with Gasteiger partial charge in [0.1, 0.15) is 18.3 Å². The minimum absolute atomic E-state index is 0.0656. The summed E-state index contributed by atoms with van der Waals surface area (Å²) in [5, 5.41) is 3.06. The smallest absolute Gasteiger partial charge is 0.264 e. The molecule has 0 aromatic heterocycles. The van der Waals surface area contributed by atoms with Crippen molar-refractivity contribution in [1.29, 1.82) is 0 Å². The Labute approximate surface area is 273 Å². The number of methoxy groups -OCH3 is 1. The van der Waals surface area contributed by atoms with Crippen molar-refractivity contribution in [3.8, 4) is 5.75 Å². The summed E-state index contributed by atoms with van der Waals surface area (Å²) in [6, 6.07) is 31.1. The first-order valence-corrected chi connectivity index (χ1v) is 17.0. The maximum absolute atomic E-state index is 14.7. The van der Waals surface area contributed by atoms with E-state index in [1.165, 1.54) is 21.3 Å². The second-order valence-electron chi connectivity index (χ2n) is 11.2. The van der Waals surface area contributed by atoms with Crippen molar-refractivity contribution < 1.29 is 22.7 Å². The molecule has 1 N–H and O–H groups in total. The van der Waals surface area contributed by atoms with E-state index in [0.29, 0.717) is 24.3 Å². The molecule has 9 heteroatoms. The lowest BCUT2D eigenvalue weighted by atomic mass is 10.0. The van der Waals surface area contributed by atoms with Gasteiger partial charge in [-0.25, -0.2) is 8.42 Å². The molecule has 0 fully saturated rings. The normalized spacial score (nSPS) is 12.5. The zero-order valence-corrected chi connectivity index (χ0v) is 27.7. The van der Waals surface area contributed by atoms with Gasteiger partial charge in [-0.05, 0) is 66.8 Å². The number of sulfonamides is 1. The highest BCUT2D eigenvalue weighted by atomic mass is 32.2. The van der Waals surface area contributed by atoms with Crippen LogP contribution in [0, 0.1) is 0 Å². The first-order chi connectivity index (χ1) is 22.2. The van der Waals surface area contributed by atoms with Gasteiger partial charge >= 0.3 is 0 Å². The topological polar surface area (TPSA) is 96.0 Å². The van der Waals surface area contributed by atoms with Crippen molar-refractivity contribution in [3.05, 3.63) is 126 Å². The summed E-state index contributed by atoms with van der Waals surface area (Å²) in [5.74, 6) is -0.201. The van der Waals surface area contributed by atoms with E-state index in [4.69, 9.17) is 4.74 Å². The molecule has 4 aromatic rings. The molecule has 0 saturated heterocycles. The number of aryl methyl sites for hydroxylation is 1. The number of carbonyl (C=O) groups is 2. The zero-order chi connectivity index (χ0) is 33.1. The largest absolute Gasteiger partial charge is 0.497 e. The molecule has 4 rings (SSSR count). The number of para-hydroxylation sites is 1. The number of nitrogens with zero attached hydrogens (tertiary/aromatic N) is 2. The van der Waals surface area contributed by atoms with Crippen LogP contribution < -0.4 is 14.4 Å². The van der Waals surface area contributed by atoms with Crippen LogP contribution in [0.3, 0.4) is 0 Å². The SMILES string of the molecule is CCc1ccccc1N(CC(=O)N(Cc1cccc(OC)c1)[C@@H](Cc1ccccc1)C(=O)N[C@@H](C)CC)S(=O)(=O)c1ccccc1. The van der Waals surface area contributed by atoms with Crippen LogP contribution >= 0.6 is 0 Å². The number of carbonyl (C=O) groups excluding carboxylic acids is 2. The van der Waals surface area contributed by atoms with E-state index < -0.39 is 28.5 Å². The number of hydrogen-bond acceptors (Lipinski definition) is 5. The highest BCUT2D eigenvalue weighted by Crippen LogP contribution is 2.28. The lowest BCUT2D eigenvalue weighted by Crippen LogP contribution is -2.54. The average Bonchev–Trinajstić information content (AvgIpc) is 3.09. The van der Waals surface area contributed by atoms with E-state index in [1.54, 1.807) is 37.4 Å². The van der Waals surface area contributed by atoms with Gasteiger partial charge in [-0.2, -0.15) is 0 Å². The number of rotatable bonds is 15. The molecule has 0 radical (unpaired) electrons. The first-order valence-electron chi connectivity index (χ1n) is 15.6. The van der Waals surface area contributed by atoms with Gasteiger partial charge in [0.2, 0.25) is 11.8 Å². The quantitative estimate of drug-likeness (QED) is 0.172. The average molecular weight is 642 g/mol. The predicted molar refractivity (Wildman–Crippen MR) is 182 cm³/mol. The molecule has 2 amide bonds. The Morgan fingerprint density at radius 1 is 0.826 bits per heavy atom. The molecular weight excluding hydrogens is 598 g/mol. The zero-order valence-electron chi connectivity index (χ0n) is 26.9. The van der Waals surface area contributed by atoms with E-state index in [2.05, 4.69) is 5.32 Å². The first kappa shape index (κ1) is 34.2. The van der Waals surface area contributed by atoms with Gasteiger partial charge in [0.15, 0.2) is 0 Å². The van der Waals surface area contributed by atoms with E-state index in [-0.39, 0.29) is 29.8 Å². The summed E-state index contributed by atoms with van der Waals surface area (Å²) in [5.41, 5.74) is 2.82. The lowest BCUT2D eigenvalue weighted by Gasteiger charge is -2.34. The predicted octanol–water partition coefficient (Wildman–Crippen LogP) is 6.01. The summed E-state index contributed by atoms with van der Waals surface area (Å²) in [6.45, 7) is 5.41. The Kier molecular flexibility index (Phi) is 12.0. The van der Waals surface area contributed by atoms with Crippen molar-refractivity contribution in [3.63, 3.8) is 0 Å². The van der Waals surface area contributed by atoms with E-state index in [1.807, 2.05) is 87.5 Å². The molecule has 2 atom stereocenters. The number of hydrogen-bond donors (Lipinski definition) is 1. The molecule has 0 heterocycles. The number of anilines is 1. The van der Waals surface area contributed by atoms with Crippen molar-refractivity contribution in [2.75, 3.05) is 18.0 Å². The monoisotopic (exact) mass is 641 g/mol. The molecule has 0 bridgehead atoms. The molecule has 46 heavy (non-hydrogen) atoms. The Morgan fingerprint density at radius 2 is 1.46 bits per heavy atom. The van der Waals surface area contributed by atoms with Crippen molar-refractivity contribution >= 4 is 27.5 Å². The van der Waals surface area contributed by atoms with Crippen LogP contribution in [-0.4, -0.2) is 50.9 Å². The summed E-state index contributed by atoms with van der Waals surface area (Å²) < 4.78 is 35.1. The van der Waals surface area contributed by atoms with Crippen LogP contribution in [0.2, 0.25) is 0 Å². The second kappa shape index (κ2) is 16.1. The summed E-state index contributed by atoms with van der Waals surface area (Å²) >= 11 is 0. The van der Waals surface area contributed by atoms with Crippen LogP contribution in [0.25, 0.3) is 0 Å². The van der Waals surface area contributed by atoms with Crippen LogP contribution in [0.4, 0.5) is 5.69 Å². The molecule has 0 aliphatic rings. The van der Waals surface area contributed by atoms with Gasteiger partial charge in [-0.15, -0.1) is 0 Å². The minimum atomic E-state index is -4.16. The van der Waals surface area contributed by atoms with Crippen LogP contribution in [0.15, 0.2) is 114 Å². The number of nitrogens with one attached hydrogen (secondary N) is 1. The molecule has 0 unspecified atom stereocenters. The van der Waals surface area contributed by atoms with Crippen LogP contribution in [0.5, 0.6) is 5.75 Å². The fourth-order valence-corrected chi connectivity index (χ4v) is 6.72. The Balaban J connectivity index is 1.84. The van der Waals surface area contributed by atoms with Gasteiger partial charge in [-0.1, -0.05) is 92.7 Å². The Hall–Kier alpha value is -4.63. The minimum Gasteiger partial charge on any atom is -0.497 e. The highest BCUT2D eigenvalue weighted by molar-refractivity contribution is 7.92. The van der Waals surface area contributed by atoms with Gasteiger partial charge in [0.25, 0.3) is 10.0 Å². The third-order valence-electron chi connectivity index (χ3n) is 8.01. The molecular formula is C37H43N3O5S. The fraction of sp³-hybridized carbons (Fsp3) is 0.297. The van der Waals surface area contributed by atoms with Crippen LogP contribution in [0.1, 0.15) is 43.9 Å². The summed E-state index contributed by atoms with van der Waals surface area (Å²) in [6.07, 6.45) is 1.52. The standard InChI is InChI=1S/C37H43N3O5S/c1-5-28(3)38-37(42)35(25-29-16-9-7-10-17-29)39(26-30-18-15-20-32(24-30)45-4)36(41)27-40(34-23-14-13-19-31(34)6-2)46(43,44)33-21-11-8-12-22-33/h7-24,28,35H,5-6,25-27H2,1-4H3,(H,38,42)/t28-,35-/m0/s1. The third-order valence-corrected chi connectivity index (χ3v) is 9.78. The van der Waals surface area contributed by atoms with Gasteiger partial charge in [0.05, 0.1) is 17.7 Å². The second-order valence-corrected chi connectivity index (χ2v) is 13.1. The fourth-order valence-electron chi connectivity index (χ4n) is 5.25. The summed E-state index contributed by atoms with van der Waals surface area (Å²) in [7, 11) is -2.59. The van der Waals surface area contributed by atoms with Crippen molar-refractivity contribution in [2.45, 2.75) is 63.6 Å². The number of benzene rings is 4. The highest BCUT2D eigenvalue weighted by Gasteiger charge is 2.35. The molecule has 8 nitrogen and oxygen atoms in total.